The standard InChI is InChI=1S/C20H22N4O4/c1-13-9-11-24(15(3)16-7-5-4-6-8-16)20(26)17(13)18(25)21-10-12-27-19-14(2)22-28-23-19/h4-9,11,15H,10,12H2,1-3H3,(H,21,25). The largest absolute Gasteiger partial charge is 0.472 e. The number of pyridine rings is 1. The van der Waals surface area contributed by atoms with Gasteiger partial charge in [-0.15, -0.1) is 0 Å². The number of hydrogen-bond acceptors (Lipinski definition) is 6. The van der Waals surface area contributed by atoms with Gasteiger partial charge in [-0.05, 0) is 43.1 Å². The molecular formula is C20H22N4O4. The van der Waals surface area contributed by atoms with Crippen LogP contribution in [0.1, 0.15) is 40.1 Å². The Balaban J connectivity index is 1.71. The lowest BCUT2D eigenvalue weighted by molar-refractivity contribution is 0.0943. The normalized spacial score (nSPS) is 11.8. The van der Waals surface area contributed by atoms with Crippen molar-refractivity contribution in [1.29, 1.82) is 0 Å². The van der Waals surface area contributed by atoms with Gasteiger partial charge in [0.1, 0.15) is 17.9 Å². The molecule has 1 unspecified atom stereocenters. The van der Waals surface area contributed by atoms with Crippen LogP contribution in [0.15, 0.2) is 52.0 Å². The fraction of sp³-hybridized carbons (Fsp3) is 0.300. The summed E-state index contributed by atoms with van der Waals surface area (Å²) in [6.45, 7) is 5.77. The van der Waals surface area contributed by atoms with E-state index >= 15 is 0 Å². The maximum Gasteiger partial charge on any atom is 0.278 e. The van der Waals surface area contributed by atoms with Gasteiger partial charge in [-0.3, -0.25) is 9.59 Å². The van der Waals surface area contributed by atoms with Gasteiger partial charge in [0.05, 0.1) is 12.6 Å². The number of carbonyl (C=O) groups is 1. The molecule has 146 valence electrons. The highest BCUT2D eigenvalue weighted by atomic mass is 16.6. The average molecular weight is 382 g/mol. The van der Waals surface area contributed by atoms with Crippen LogP contribution in [0.3, 0.4) is 0 Å². The molecule has 0 saturated heterocycles. The third kappa shape index (κ3) is 4.11. The van der Waals surface area contributed by atoms with E-state index in [2.05, 4.69) is 20.3 Å². The first kappa shape index (κ1) is 19.3. The Morgan fingerprint density at radius 1 is 1.21 bits per heavy atom. The van der Waals surface area contributed by atoms with Gasteiger partial charge in [-0.1, -0.05) is 35.5 Å². The number of rotatable bonds is 7. The maximum absolute atomic E-state index is 13.0. The van der Waals surface area contributed by atoms with Crippen molar-refractivity contribution in [3.63, 3.8) is 0 Å². The van der Waals surface area contributed by atoms with Gasteiger partial charge < -0.3 is 14.6 Å². The smallest absolute Gasteiger partial charge is 0.278 e. The van der Waals surface area contributed by atoms with Crippen LogP contribution in [0, 0.1) is 13.8 Å². The summed E-state index contributed by atoms with van der Waals surface area (Å²) < 4.78 is 11.5. The predicted molar refractivity (Wildman–Crippen MR) is 103 cm³/mol. The molecule has 2 aromatic heterocycles. The molecule has 0 aliphatic rings. The Morgan fingerprint density at radius 3 is 2.64 bits per heavy atom. The summed E-state index contributed by atoms with van der Waals surface area (Å²) in [5.41, 5.74) is 1.94. The van der Waals surface area contributed by atoms with Gasteiger partial charge in [0.25, 0.3) is 17.3 Å². The van der Waals surface area contributed by atoms with Crippen LogP contribution in [-0.2, 0) is 0 Å². The van der Waals surface area contributed by atoms with Gasteiger partial charge in [-0.2, -0.15) is 0 Å². The van der Waals surface area contributed by atoms with Crippen LogP contribution in [0.2, 0.25) is 0 Å². The number of ether oxygens (including phenoxy) is 1. The number of nitrogens with one attached hydrogen (secondary N) is 1. The highest BCUT2D eigenvalue weighted by molar-refractivity contribution is 5.95. The molecule has 1 N–H and O–H groups in total. The Kier molecular flexibility index (Phi) is 5.88. The second-order valence-corrected chi connectivity index (χ2v) is 6.43. The molecule has 8 heteroatoms. The number of hydrogen-bond donors (Lipinski definition) is 1. The molecule has 8 nitrogen and oxygen atoms in total. The first-order valence-electron chi connectivity index (χ1n) is 8.96. The molecule has 28 heavy (non-hydrogen) atoms. The molecule has 0 aliphatic carbocycles. The van der Waals surface area contributed by atoms with Crippen LogP contribution in [0.25, 0.3) is 0 Å². The summed E-state index contributed by atoms with van der Waals surface area (Å²) in [5.74, 6) is -0.153. The SMILES string of the molecule is Cc1ccn(C(C)c2ccccc2)c(=O)c1C(=O)NCCOc1nonc1C. The van der Waals surface area contributed by atoms with E-state index in [4.69, 9.17) is 4.74 Å². The summed E-state index contributed by atoms with van der Waals surface area (Å²) in [5, 5.41) is 9.93. The average Bonchev–Trinajstić information content (AvgIpc) is 3.10. The monoisotopic (exact) mass is 382 g/mol. The summed E-state index contributed by atoms with van der Waals surface area (Å²) in [6.07, 6.45) is 1.72. The fourth-order valence-electron chi connectivity index (χ4n) is 2.87. The van der Waals surface area contributed by atoms with E-state index < -0.39 is 5.91 Å². The molecule has 1 aromatic carbocycles. The minimum absolute atomic E-state index is 0.129. The highest BCUT2D eigenvalue weighted by Crippen LogP contribution is 2.16. The van der Waals surface area contributed by atoms with Crippen molar-refractivity contribution in [3.05, 3.63) is 75.3 Å². The van der Waals surface area contributed by atoms with E-state index in [1.54, 1.807) is 30.7 Å². The molecule has 3 aromatic rings. The van der Waals surface area contributed by atoms with Crippen molar-refractivity contribution in [1.82, 2.24) is 20.2 Å². The lowest BCUT2D eigenvalue weighted by atomic mass is 10.1. The van der Waals surface area contributed by atoms with E-state index in [-0.39, 0.29) is 36.2 Å². The number of carbonyl (C=O) groups excluding carboxylic acids is 1. The third-order valence-electron chi connectivity index (χ3n) is 4.49. The Labute approximate surface area is 162 Å². The summed E-state index contributed by atoms with van der Waals surface area (Å²) >= 11 is 0. The Morgan fingerprint density at radius 2 is 1.96 bits per heavy atom. The zero-order valence-corrected chi connectivity index (χ0v) is 16.0. The van der Waals surface area contributed by atoms with Gasteiger partial charge in [0, 0.05) is 6.20 Å². The van der Waals surface area contributed by atoms with Crippen LogP contribution >= 0.6 is 0 Å². The molecular weight excluding hydrogens is 360 g/mol. The van der Waals surface area contributed by atoms with Crippen molar-refractivity contribution in [2.24, 2.45) is 0 Å². The van der Waals surface area contributed by atoms with E-state index in [9.17, 15) is 9.59 Å². The van der Waals surface area contributed by atoms with E-state index in [1.807, 2.05) is 37.3 Å². The number of nitrogens with zero attached hydrogens (tertiary/aromatic N) is 3. The maximum atomic E-state index is 13.0. The van der Waals surface area contributed by atoms with Gasteiger partial charge in [0.15, 0.2) is 0 Å². The number of benzene rings is 1. The fourth-order valence-corrected chi connectivity index (χ4v) is 2.87. The van der Waals surface area contributed by atoms with Crippen molar-refractivity contribution < 1.29 is 14.2 Å². The van der Waals surface area contributed by atoms with E-state index in [1.165, 1.54) is 0 Å². The number of aromatic nitrogens is 3. The van der Waals surface area contributed by atoms with Gasteiger partial charge in [0.2, 0.25) is 0 Å². The zero-order chi connectivity index (χ0) is 20.1. The van der Waals surface area contributed by atoms with Crippen LogP contribution in [-0.4, -0.2) is 33.9 Å². The molecule has 1 amide bonds. The van der Waals surface area contributed by atoms with Crippen molar-refractivity contribution in [3.8, 4) is 5.88 Å². The minimum atomic E-state index is -0.435. The molecule has 0 fully saturated rings. The van der Waals surface area contributed by atoms with Gasteiger partial charge >= 0.3 is 0 Å². The molecule has 0 spiro atoms. The lowest BCUT2D eigenvalue weighted by Crippen LogP contribution is -2.36. The second-order valence-electron chi connectivity index (χ2n) is 6.43. The predicted octanol–water partition coefficient (Wildman–Crippen LogP) is 2.27. The quantitative estimate of drug-likeness (QED) is 0.629. The molecule has 0 radical (unpaired) electrons. The second kappa shape index (κ2) is 8.51. The number of aryl methyl sites for hydroxylation is 2. The first-order valence-corrected chi connectivity index (χ1v) is 8.96. The van der Waals surface area contributed by atoms with Crippen LogP contribution < -0.4 is 15.6 Å². The molecule has 0 bridgehead atoms. The summed E-state index contributed by atoms with van der Waals surface area (Å²) in [6, 6.07) is 11.3. The minimum Gasteiger partial charge on any atom is -0.472 e. The zero-order valence-electron chi connectivity index (χ0n) is 16.0. The summed E-state index contributed by atoms with van der Waals surface area (Å²) in [7, 11) is 0. The first-order chi connectivity index (χ1) is 13.5. The van der Waals surface area contributed by atoms with Crippen molar-refractivity contribution >= 4 is 5.91 Å². The molecule has 0 aliphatic heterocycles. The van der Waals surface area contributed by atoms with Crippen molar-refractivity contribution in [2.45, 2.75) is 26.8 Å². The topological polar surface area (TPSA) is 99.2 Å². The van der Waals surface area contributed by atoms with Crippen LogP contribution in [0.5, 0.6) is 5.88 Å². The summed E-state index contributed by atoms with van der Waals surface area (Å²) in [4.78, 5) is 25.5. The highest BCUT2D eigenvalue weighted by Gasteiger charge is 2.18. The van der Waals surface area contributed by atoms with Gasteiger partial charge in [-0.25, -0.2) is 4.63 Å². The third-order valence-corrected chi connectivity index (χ3v) is 4.49. The lowest BCUT2D eigenvalue weighted by Gasteiger charge is -2.17. The van der Waals surface area contributed by atoms with E-state index in [0.29, 0.717) is 11.3 Å². The molecule has 1 atom stereocenters. The molecule has 3 rings (SSSR count). The Hall–Kier alpha value is -3.42. The van der Waals surface area contributed by atoms with Crippen LogP contribution in [0.4, 0.5) is 0 Å². The van der Waals surface area contributed by atoms with E-state index in [0.717, 1.165) is 5.56 Å². The number of amides is 1. The Bertz CT molecular complexity index is 1010. The van der Waals surface area contributed by atoms with Crippen molar-refractivity contribution in [2.75, 3.05) is 13.2 Å². The molecule has 2 heterocycles. The molecule has 0 saturated carbocycles.